The topological polar surface area (TPSA) is 442 Å². The number of hydrogen-bond acceptors (Lipinski definition) is 28. The van der Waals surface area contributed by atoms with Crippen molar-refractivity contribution in [3.8, 4) is 0 Å². The van der Waals surface area contributed by atoms with E-state index in [4.69, 9.17) is 57.2 Å². The molecule has 28 heteroatoms. The SMILES string of the molecule is CC(=O)O[C@@H]1[C@@H](O)[C@@H](O[C@H]2[C@@H](O[C@H]3[C@H](O)[C@@H](O)[C@H](O[C@@H]4[C@@H](O)[C@H](C)O[C@@H](OCC(O)CO)[C@@H]4O)O[C@@H]3CO)O[C@H](CO)[C@H](O[C@H]3O[C@H](CO)[C@@H](O)[C@H](O)[C@H]3O)[C@@H]2O)O[C@H](CO)[C@H]1O. The van der Waals surface area contributed by atoms with Crippen molar-refractivity contribution >= 4 is 5.97 Å². The molecular formula is C35H60O28. The minimum atomic E-state index is -2.18. The van der Waals surface area contributed by atoms with Crippen LogP contribution in [-0.2, 0) is 56.9 Å². The number of rotatable bonds is 17. The fourth-order valence-corrected chi connectivity index (χ4v) is 7.65. The fraction of sp³-hybridized carbons (Fsp3) is 0.971. The normalized spacial score (nSPS) is 49.0. The Morgan fingerprint density at radius 1 is 0.460 bits per heavy atom. The van der Waals surface area contributed by atoms with Crippen LogP contribution in [0.3, 0.4) is 0 Å². The number of carbonyl (C=O) groups excluding carboxylic acids is 1. The average molecular weight is 929 g/mol. The number of aliphatic hydroxyl groups excluding tert-OH is 16. The molecule has 0 spiro atoms. The monoisotopic (exact) mass is 928 g/mol. The molecule has 1 unspecified atom stereocenters. The van der Waals surface area contributed by atoms with E-state index < -0.39 is 205 Å². The summed E-state index contributed by atoms with van der Waals surface area (Å²) in [5.41, 5.74) is 0. The van der Waals surface area contributed by atoms with Gasteiger partial charge >= 0.3 is 5.97 Å². The van der Waals surface area contributed by atoms with Gasteiger partial charge in [-0.15, -0.1) is 0 Å². The molecular weight excluding hydrogens is 868 g/mol. The Balaban J connectivity index is 1.41. The van der Waals surface area contributed by atoms with Crippen molar-refractivity contribution in [1.82, 2.24) is 0 Å². The molecule has 0 saturated carbocycles. The highest BCUT2D eigenvalue weighted by atomic mass is 16.8. The van der Waals surface area contributed by atoms with Gasteiger partial charge in [-0.3, -0.25) is 4.79 Å². The molecule has 28 nitrogen and oxygen atoms in total. The van der Waals surface area contributed by atoms with Crippen LogP contribution in [-0.4, -0.2) is 287 Å². The molecule has 5 rings (SSSR count). The smallest absolute Gasteiger partial charge is 0.303 e. The highest BCUT2D eigenvalue weighted by molar-refractivity contribution is 5.66. The van der Waals surface area contributed by atoms with Crippen molar-refractivity contribution in [3.05, 3.63) is 0 Å². The zero-order valence-corrected chi connectivity index (χ0v) is 33.8. The van der Waals surface area contributed by atoms with Crippen LogP contribution in [0.2, 0.25) is 0 Å². The third-order valence-electron chi connectivity index (χ3n) is 11.2. The van der Waals surface area contributed by atoms with Crippen molar-refractivity contribution in [3.63, 3.8) is 0 Å². The van der Waals surface area contributed by atoms with E-state index in [1.807, 2.05) is 0 Å². The molecule has 5 heterocycles. The first-order valence-electron chi connectivity index (χ1n) is 20.0. The molecule has 0 aromatic carbocycles. The van der Waals surface area contributed by atoms with E-state index in [1.54, 1.807) is 0 Å². The molecule has 368 valence electrons. The number of esters is 1. The Morgan fingerprint density at radius 3 is 1.46 bits per heavy atom. The van der Waals surface area contributed by atoms with Gasteiger partial charge in [-0.05, 0) is 6.92 Å². The molecule has 5 fully saturated rings. The largest absolute Gasteiger partial charge is 0.457 e. The standard InChI is InChI=1S/C35H60O28/c1-9-16(43)28(24(51)31(54-9)53-8-11(42)3-36)62-33-22(49)20(47)26(14(6-39)58-33)61-35-30(63-34-25(52)29(55-10(2)41)18(45)13(5-38)57-34)23(50)27(15(7-40)59-35)60-32-21(48)19(46)17(44)12(4-37)56-32/h9,11-40,42-52H,3-8H2,1-2H3/t9-,11?,12+,13+,14+,15+,16-,17+,18+,19-,20+,21+,22+,23-,24+,25+,26+,27-,28+,29-,30+,31+,32+,33-,34+,35+/m0/s1. The molecule has 63 heavy (non-hydrogen) atoms. The maximum atomic E-state index is 11.9. The van der Waals surface area contributed by atoms with E-state index in [1.165, 1.54) is 6.92 Å². The van der Waals surface area contributed by atoms with Crippen LogP contribution in [0.5, 0.6) is 0 Å². The summed E-state index contributed by atoms with van der Waals surface area (Å²) in [4.78, 5) is 11.9. The Labute approximate surface area is 357 Å². The van der Waals surface area contributed by atoms with Gasteiger partial charge in [0.15, 0.2) is 37.6 Å². The summed E-state index contributed by atoms with van der Waals surface area (Å²) < 4.78 is 61.6. The fourth-order valence-electron chi connectivity index (χ4n) is 7.65. The van der Waals surface area contributed by atoms with E-state index in [9.17, 15) is 81.4 Å². The molecule has 0 aromatic heterocycles. The summed E-state index contributed by atoms with van der Waals surface area (Å²) in [5, 5.41) is 169. The van der Waals surface area contributed by atoms with E-state index >= 15 is 0 Å². The molecule has 5 aliphatic rings. The number of aliphatic hydroxyl groups is 16. The van der Waals surface area contributed by atoms with Gasteiger partial charge in [-0.1, -0.05) is 0 Å². The van der Waals surface area contributed by atoms with Crippen molar-refractivity contribution in [2.24, 2.45) is 0 Å². The molecule has 16 N–H and O–H groups in total. The Hall–Kier alpha value is -1.57. The zero-order chi connectivity index (χ0) is 46.6. The minimum absolute atomic E-state index is 0.510. The van der Waals surface area contributed by atoms with E-state index in [2.05, 4.69) is 0 Å². The lowest BCUT2D eigenvalue weighted by atomic mass is 9.95. The lowest BCUT2D eigenvalue weighted by Gasteiger charge is -2.50. The summed E-state index contributed by atoms with van der Waals surface area (Å²) in [7, 11) is 0. The average Bonchev–Trinajstić information content (AvgIpc) is 3.26. The maximum Gasteiger partial charge on any atom is 0.303 e. The highest BCUT2D eigenvalue weighted by Gasteiger charge is 2.57. The van der Waals surface area contributed by atoms with Crippen LogP contribution in [0, 0.1) is 0 Å². The van der Waals surface area contributed by atoms with Gasteiger partial charge in [0.25, 0.3) is 0 Å². The molecule has 0 bridgehead atoms. The second-order valence-corrected chi connectivity index (χ2v) is 15.7. The van der Waals surface area contributed by atoms with Crippen LogP contribution in [0.4, 0.5) is 0 Å². The van der Waals surface area contributed by atoms with Gasteiger partial charge in [0.2, 0.25) is 0 Å². The second kappa shape index (κ2) is 23.0. The molecule has 0 aliphatic carbocycles. The zero-order valence-electron chi connectivity index (χ0n) is 33.8. The Bertz CT molecular complexity index is 1400. The molecule has 0 aromatic rings. The van der Waals surface area contributed by atoms with Gasteiger partial charge in [-0.2, -0.15) is 0 Å². The molecule has 26 atom stereocenters. The van der Waals surface area contributed by atoms with Crippen LogP contribution >= 0.6 is 0 Å². The van der Waals surface area contributed by atoms with Gasteiger partial charge in [0, 0.05) is 6.92 Å². The highest BCUT2D eigenvalue weighted by Crippen LogP contribution is 2.37. The predicted molar refractivity (Wildman–Crippen MR) is 191 cm³/mol. The van der Waals surface area contributed by atoms with Crippen molar-refractivity contribution < 1.29 is 139 Å². The number of hydrogen-bond donors (Lipinski definition) is 16. The summed E-state index contributed by atoms with van der Waals surface area (Å²) in [6.45, 7) is -2.76. The van der Waals surface area contributed by atoms with Gasteiger partial charge in [0.05, 0.1) is 45.7 Å². The Morgan fingerprint density at radius 2 is 0.905 bits per heavy atom. The van der Waals surface area contributed by atoms with Crippen LogP contribution in [0.25, 0.3) is 0 Å². The summed E-state index contributed by atoms with van der Waals surface area (Å²) in [5.74, 6) is -0.986. The summed E-state index contributed by atoms with van der Waals surface area (Å²) in [6.07, 6.45) is -47.6. The summed E-state index contributed by atoms with van der Waals surface area (Å²) in [6, 6.07) is 0. The summed E-state index contributed by atoms with van der Waals surface area (Å²) >= 11 is 0. The molecule has 5 saturated heterocycles. The first-order chi connectivity index (χ1) is 29.8. The van der Waals surface area contributed by atoms with Crippen molar-refractivity contribution in [1.29, 1.82) is 0 Å². The van der Waals surface area contributed by atoms with Crippen molar-refractivity contribution in [2.45, 2.75) is 173 Å². The van der Waals surface area contributed by atoms with Crippen molar-refractivity contribution in [2.75, 3.05) is 39.6 Å². The van der Waals surface area contributed by atoms with Gasteiger partial charge in [-0.25, -0.2) is 0 Å². The van der Waals surface area contributed by atoms with Crippen LogP contribution in [0.1, 0.15) is 13.8 Å². The van der Waals surface area contributed by atoms with E-state index in [0.717, 1.165) is 6.92 Å². The third kappa shape index (κ3) is 11.6. The second-order valence-electron chi connectivity index (χ2n) is 15.7. The minimum Gasteiger partial charge on any atom is -0.457 e. The quantitative estimate of drug-likeness (QED) is 0.0602. The lowest BCUT2D eigenvalue weighted by molar-refractivity contribution is -0.406. The number of ether oxygens (including phenoxy) is 11. The molecule has 5 aliphatic heterocycles. The van der Waals surface area contributed by atoms with E-state index in [-0.39, 0.29) is 0 Å². The first-order valence-corrected chi connectivity index (χ1v) is 20.0. The van der Waals surface area contributed by atoms with Crippen LogP contribution < -0.4 is 0 Å². The lowest BCUT2D eigenvalue weighted by Crippen LogP contribution is -2.69. The number of carbonyl (C=O) groups is 1. The molecule has 0 amide bonds. The van der Waals surface area contributed by atoms with Gasteiger partial charge in [0.1, 0.15) is 116 Å². The Kier molecular flexibility index (Phi) is 19.1. The van der Waals surface area contributed by atoms with E-state index in [0.29, 0.717) is 0 Å². The van der Waals surface area contributed by atoms with Crippen LogP contribution in [0.15, 0.2) is 0 Å². The molecule has 0 radical (unpaired) electrons. The predicted octanol–water partition coefficient (Wildman–Crippen LogP) is -10.9. The first kappa shape index (κ1) is 52.4. The third-order valence-corrected chi connectivity index (χ3v) is 11.2. The maximum absolute atomic E-state index is 11.9. The van der Waals surface area contributed by atoms with Gasteiger partial charge < -0.3 is 134 Å².